The predicted octanol–water partition coefficient (Wildman–Crippen LogP) is 2.71. The molecule has 0 spiro atoms. The zero-order valence-corrected chi connectivity index (χ0v) is 14.3. The van der Waals surface area contributed by atoms with Gasteiger partial charge in [0.25, 0.3) is 10.1 Å². The fourth-order valence-corrected chi connectivity index (χ4v) is 3.63. The number of carbonyl (C=O) groups excluding carboxylic acids is 1. The van der Waals surface area contributed by atoms with E-state index in [9.17, 15) is 13.2 Å². The summed E-state index contributed by atoms with van der Waals surface area (Å²) < 4.78 is 35.0. The van der Waals surface area contributed by atoms with E-state index >= 15 is 0 Å². The molecule has 23 heavy (non-hydrogen) atoms. The molecule has 0 aliphatic carbocycles. The van der Waals surface area contributed by atoms with E-state index in [0.29, 0.717) is 39.0 Å². The van der Waals surface area contributed by atoms with Gasteiger partial charge >= 0.3 is 6.09 Å². The van der Waals surface area contributed by atoms with Crippen molar-refractivity contribution < 1.29 is 22.1 Å². The lowest BCUT2D eigenvalue weighted by Gasteiger charge is -2.19. The summed E-state index contributed by atoms with van der Waals surface area (Å²) in [6.07, 6.45) is 0.993. The zero-order valence-electron chi connectivity index (χ0n) is 13.5. The van der Waals surface area contributed by atoms with Crippen LogP contribution in [0, 0.1) is 6.92 Å². The summed E-state index contributed by atoms with van der Waals surface area (Å²) in [5.41, 5.74) is 0.989. The summed E-state index contributed by atoms with van der Waals surface area (Å²) >= 11 is 0. The van der Waals surface area contributed by atoms with Crippen LogP contribution in [0.5, 0.6) is 0 Å². The Labute approximate surface area is 137 Å². The average Bonchev–Trinajstić information content (AvgIpc) is 2.73. The van der Waals surface area contributed by atoms with Gasteiger partial charge in [-0.05, 0) is 45.2 Å². The minimum Gasteiger partial charge on any atom is -0.450 e. The lowest BCUT2D eigenvalue weighted by Crippen LogP contribution is -2.33. The van der Waals surface area contributed by atoms with Crippen molar-refractivity contribution in [3.8, 4) is 0 Å². The molecule has 1 amide bonds. The molecule has 1 fully saturated rings. The molecule has 0 unspecified atom stereocenters. The monoisotopic (exact) mass is 341 g/mol. The third-order valence-corrected chi connectivity index (χ3v) is 5.15. The van der Waals surface area contributed by atoms with Crippen LogP contribution in [-0.2, 0) is 19.0 Å². The fourth-order valence-electron chi connectivity index (χ4n) is 2.50. The molecule has 1 atom stereocenters. The summed E-state index contributed by atoms with van der Waals surface area (Å²) in [4.78, 5) is 13.5. The molecular formula is C16H23NO5S. The summed E-state index contributed by atoms with van der Waals surface area (Å²) in [7, 11) is -3.78. The largest absolute Gasteiger partial charge is 0.450 e. The van der Waals surface area contributed by atoms with Crippen molar-refractivity contribution in [1.29, 1.82) is 0 Å². The number of amides is 1. The molecule has 1 aromatic rings. The quantitative estimate of drug-likeness (QED) is 0.787. The van der Waals surface area contributed by atoms with Crippen molar-refractivity contribution >= 4 is 16.2 Å². The first-order chi connectivity index (χ1) is 10.9. The third kappa shape index (κ3) is 4.94. The van der Waals surface area contributed by atoms with Gasteiger partial charge in [0.15, 0.2) is 0 Å². The number of rotatable bonds is 4. The molecule has 1 saturated heterocycles. The van der Waals surface area contributed by atoms with Gasteiger partial charge in [-0.3, -0.25) is 4.18 Å². The highest BCUT2D eigenvalue weighted by Crippen LogP contribution is 2.21. The Morgan fingerprint density at radius 2 is 1.91 bits per heavy atom. The van der Waals surface area contributed by atoms with Crippen molar-refractivity contribution in [1.82, 2.24) is 4.90 Å². The molecule has 1 aromatic carbocycles. The number of likely N-dealkylation sites (tertiary alicyclic amines) is 1. The number of hydrogen-bond donors (Lipinski definition) is 0. The topological polar surface area (TPSA) is 72.9 Å². The van der Waals surface area contributed by atoms with E-state index in [4.69, 9.17) is 8.92 Å². The second-order valence-electron chi connectivity index (χ2n) is 5.60. The van der Waals surface area contributed by atoms with Gasteiger partial charge in [-0.1, -0.05) is 17.7 Å². The van der Waals surface area contributed by atoms with Gasteiger partial charge in [-0.2, -0.15) is 8.42 Å². The molecule has 1 heterocycles. The lowest BCUT2D eigenvalue weighted by molar-refractivity contribution is 0.107. The predicted molar refractivity (Wildman–Crippen MR) is 85.7 cm³/mol. The second kappa shape index (κ2) is 7.79. The van der Waals surface area contributed by atoms with E-state index in [1.54, 1.807) is 36.1 Å². The maximum absolute atomic E-state index is 12.3. The van der Waals surface area contributed by atoms with Crippen LogP contribution in [0.25, 0.3) is 0 Å². The Morgan fingerprint density at radius 1 is 1.22 bits per heavy atom. The molecule has 128 valence electrons. The summed E-state index contributed by atoms with van der Waals surface area (Å²) in [5.74, 6) is 0. The molecule has 7 heteroatoms. The Hall–Kier alpha value is -1.60. The van der Waals surface area contributed by atoms with Crippen LogP contribution in [0.3, 0.4) is 0 Å². The van der Waals surface area contributed by atoms with Crippen molar-refractivity contribution in [3.63, 3.8) is 0 Å². The number of carbonyl (C=O) groups is 1. The van der Waals surface area contributed by atoms with Crippen LogP contribution < -0.4 is 0 Å². The first kappa shape index (κ1) is 17.7. The number of aryl methyl sites for hydroxylation is 1. The molecule has 2 rings (SSSR count). The van der Waals surface area contributed by atoms with Gasteiger partial charge in [0.1, 0.15) is 0 Å². The Balaban J connectivity index is 1.98. The van der Waals surface area contributed by atoms with E-state index in [0.717, 1.165) is 5.56 Å². The lowest BCUT2D eigenvalue weighted by atomic mass is 10.2. The summed E-state index contributed by atoms with van der Waals surface area (Å²) in [6, 6.07) is 6.58. The first-order valence-electron chi connectivity index (χ1n) is 7.84. The van der Waals surface area contributed by atoms with Crippen LogP contribution in [-0.4, -0.2) is 45.2 Å². The molecular weight excluding hydrogens is 318 g/mol. The van der Waals surface area contributed by atoms with Crippen LogP contribution in [0.4, 0.5) is 4.79 Å². The van der Waals surface area contributed by atoms with Gasteiger partial charge in [0, 0.05) is 13.1 Å². The highest BCUT2D eigenvalue weighted by Gasteiger charge is 2.26. The number of benzene rings is 1. The van der Waals surface area contributed by atoms with E-state index in [2.05, 4.69) is 0 Å². The van der Waals surface area contributed by atoms with E-state index in [-0.39, 0.29) is 11.0 Å². The van der Waals surface area contributed by atoms with E-state index in [1.165, 1.54) is 0 Å². The Morgan fingerprint density at radius 3 is 2.57 bits per heavy atom. The van der Waals surface area contributed by atoms with Crippen molar-refractivity contribution in [2.45, 2.75) is 44.1 Å². The third-order valence-electron chi connectivity index (χ3n) is 3.77. The maximum atomic E-state index is 12.3. The second-order valence-corrected chi connectivity index (χ2v) is 7.17. The number of ether oxygens (including phenoxy) is 1. The maximum Gasteiger partial charge on any atom is 0.409 e. The minimum absolute atomic E-state index is 0.162. The highest BCUT2D eigenvalue weighted by atomic mass is 32.2. The van der Waals surface area contributed by atoms with Gasteiger partial charge < -0.3 is 9.64 Å². The van der Waals surface area contributed by atoms with Gasteiger partial charge in [0.2, 0.25) is 0 Å². The SMILES string of the molecule is CCOC(=O)N1CCC[C@@H](OS(=O)(=O)c2ccc(C)cc2)CC1. The minimum atomic E-state index is -3.78. The molecule has 1 aliphatic heterocycles. The average molecular weight is 341 g/mol. The summed E-state index contributed by atoms with van der Waals surface area (Å²) in [6.45, 7) is 4.98. The zero-order chi connectivity index (χ0) is 16.9. The Kier molecular flexibility index (Phi) is 6.01. The van der Waals surface area contributed by atoms with E-state index in [1.807, 2.05) is 6.92 Å². The first-order valence-corrected chi connectivity index (χ1v) is 9.25. The molecule has 1 aliphatic rings. The Bertz CT molecular complexity index is 626. The normalized spacial score (nSPS) is 19.2. The van der Waals surface area contributed by atoms with Crippen molar-refractivity contribution in [3.05, 3.63) is 29.8 Å². The van der Waals surface area contributed by atoms with Crippen LogP contribution in [0.15, 0.2) is 29.2 Å². The molecule has 0 aromatic heterocycles. The van der Waals surface area contributed by atoms with Crippen LogP contribution >= 0.6 is 0 Å². The van der Waals surface area contributed by atoms with Gasteiger partial charge in [-0.15, -0.1) is 0 Å². The molecule has 0 bridgehead atoms. The van der Waals surface area contributed by atoms with Crippen LogP contribution in [0.2, 0.25) is 0 Å². The number of hydrogen-bond acceptors (Lipinski definition) is 5. The molecule has 0 N–H and O–H groups in total. The molecule has 0 saturated carbocycles. The fraction of sp³-hybridized carbons (Fsp3) is 0.562. The van der Waals surface area contributed by atoms with Gasteiger partial charge in [0.05, 0.1) is 17.6 Å². The smallest absolute Gasteiger partial charge is 0.409 e. The standard InChI is InChI=1S/C16H23NO5S/c1-3-21-16(18)17-11-4-5-14(10-12-17)22-23(19,20)15-8-6-13(2)7-9-15/h6-9,14H,3-5,10-12H2,1-2H3/t14-/m1/s1. The summed E-state index contributed by atoms with van der Waals surface area (Å²) in [5, 5.41) is 0. The van der Waals surface area contributed by atoms with Crippen molar-refractivity contribution in [2.24, 2.45) is 0 Å². The molecule has 0 radical (unpaired) electrons. The van der Waals surface area contributed by atoms with Gasteiger partial charge in [-0.25, -0.2) is 4.79 Å². The molecule has 6 nitrogen and oxygen atoms in total. The van der Waals surface area contributed by atoms with Crippen LogP contribution in [0.1, 0.15) is 31.7 Å². The van der Waals surface area contributed by atoms with E-state index < -0.39 is 16.2 Å². The highest BCUT2D eigenvalue weighted by molar-refractivity contribution is 7.86. The van der Waals surface area contributed by atoms with Crippen molar-refractivity contribution in [2.75, 3.05) is 19.7 Å². The number of nitrogens with zero attached hydrogens (tertiary/aromatic N) is 1.